The van der Waals surface area contributed by atoms with E-state index in [4.69, 9.17) is 12.2 Å². The summed E-state index contributed by atoms with van der Waals surface area (Å²) in [5.41, 5.74) is 1.24. The van der Waals surface area contributed by atoms with Crippen LogP contribution in [-0.2, 0) is 6.42 Å². The molecular formula is C11H10N2S. The van der Waals surface area contributed by atoms with E-state index in [2.05, 4.69) is 16.0 Å². The Bertz CT molecular complexity index is 393. The van der Waals surface area contributed by atoms with Crippen molar-refractivity contribution < 1.29 is 0 Å². The third-order valence-electron chi connectivity index (χ3n) is 2.03. The van der Waals surface area contributed by atoms with Gasteiger partial charge < -0.3 is 0 Å². The van der Waals surface area contributed by atoms with E-state index in [9.17, 15) is 0 Å². The largest absolute Gasteiger partial charge is 0.241 e. The Kier molecular flexibility index (Phi) is 2.79. The van der Waals surface area contributed by atoms with Crippen LogP contribution >= 0.6 is 12.2 Å². The Balaban J connectivity index is 2.06. The summed E-state index contributed by atoms with van der Waals surface area (Å²) in [5, 5.41) is 0. The molecule has 0 atom stereocenters. The van der Waals surface area contributed by atoms with Gasteiger partial charge in [-0.15, -0.1) is 0 Å². The summed E-state index contributed by atoms with van der Waals surface area (Å²) in [7, 11) is 0. The maximum absolute atomic E-state index is 5.06. The molecule has 2 rings (SSSR count). The van der Waals surface area contributed by atoms with Crippen molar-refractivity contribution in [2.75, 3.05) is 0 Å². The van der Waals surface area contributed by atoms with Gasteiger partial charge in [-0.1, -0.05) is 24.4 Å². The van der Waals surface area contributed by atoms with Crippen LogP contribution in [0, 0.1) is 0 Å². The first-order valence-corrected chi connectivity index (χ1v) is 4.91. The van der Waals surface area contributed by atoms with E-state index in [0.29, 0.717) is 0 Å². The van der Waals surface area contributed by atoms with Crippen molar-refractivity contribution in [1.29, 1.82) is 0 Å². The number of rotatable bonds is 2. The molecule has 0 saturated heterocycles. The van der Waals surface area contributed by atoms with Gasteiger partial charge >= 0.3 is 0 Å². The van der Waals surface area contributed by atoms with Gasteiger partial charge in [-0.25, -0.2) is 9.97 Å². The predicted octanol–water partition coefficient (Wildman–Crippen LogP) is 2.28. The molecule has 70 valence electrons. The van der Waals surface area contributed by atoms with Gasteiger partial charge in [0.15, 0.2) is 0 Å². The highest BCUT2D eigenvalue weighted by atomic mass is 32.1. The van der Waals surface area contributed by atoms with Crippen LogP contribution < -0.4 is 0 Å². The summed E-state index contributed by atoms with van der Waals surface area (Å²) in [6.07, 6.45) is 11.3. The van der Waals surface area contributed by atoms with E-state index in [1.807, 2.05) is 18.2 Å². The summed E-state index contributed by atoms with van der Waals surface area (Å²) >= 11 is 5.06. The Morgan fingerprint density at radius 1 is 1.21 bits per heavy atom. The van der Waals surface area contributed by atoms with Gasteiger partial charge in [-0.05, 0) is 17.7 Å². The summed E-state index contributed by atoms with van der Waals surface area (Å²) in [6, 6.07) is 1.82. The zero-order valence-electron chi connectivity index (χ0n) is 7.68. The second-order valence-electron chi connectivity index (χ2n) is 3.12. The molecule has 0 fully saturated rings. The maximum atomic E-state index is 5.06. The highest BCUT2D eigenvalue weighted by Gasteiger charge is 2.03. The third kappa shape index (κ3) is 2.33. The first-order valence-electron chi connectivity index (χ1n) is 4.50. The van der Waals surface area contributed by atoms with Crippen molar-refractivity contribution in [2.24, 2.45) is 0 Å². The molecule has 1 aliphatic carbocycles. The van der Waals surface area contributed by atoms with Crippen LogP contribution in [-0.4, -0.2) is 14.8 Å². The van der Waals surface area contributed by atoms with Crippen molar-refractivity contribution in [3.05, 3.63) is 48.1 Å². The number of allylic oxidation sites excluding steroid dienone is 4. The summed E-state index contributed by atoms with van der Waals surface area (Å²) in [6.45, 7) is 0. The van der Waals surface area contributed by atoms with Gasteiger partial charge in [0.05, 0.1) is 0 Å². The molecule has 1 aliphatic rings. The molecule has 14 heavy (non-hydrogen) atoms. The molecule has 0 saturated carbocycles. The lowest BCUT2D eigenvalue weighted by Crippen LogP contribution is -1.99. The first kappa shape index (κ1) is 9.21. The van der Waals surface area contributed by atoms with Gasteiger partial charge in [0.2, 0.25) is 0 Å². The monoisotopic (exact) mass is 202 g/mol. The van der Waals surface area contributed by atoms with Crippen molar-refractivity contribution in [3.8, 4) is 0 Å². The van der Waals surface area contributed by atoms with E-state index in [0.717, 1.165) is 23.5 Å². The Morgan fingerprint density at radius 2 is 2.00 bits per heavy atom. The zero-order valence-corrected chi connectivity index (χ0v) is 8.50. The molecule has 0 N–H and O–H groups in total. The van der Waals surface area contributed by atoms with Crippen molar-refractivity contribution in [3.63, 3.8) is 0 Å². The van der Waals surface area contributed by atoms with E-state index in [1.165, 1.54) is 5.57 Å². The summed E-state index contributed by atoms with van der Waals surface area (Å²) < 4.78 is 0. The minimum Gasteiger partial charge on any atom is -0.241 e. The summed E-state index contributed by atoms with van der Waals surface area (Å²) in [4.78, 5) is 9.34. The van der Waals surface area contributed by atoms with Crippen LogP contribution in [0.3, 0.4) is 0 Å². The molecule has 0 radical (unpaired) electrons. The first-order chi connectivity index (χ1) is 6.84. The predicted molar refractivity (Wildman–Crippen MR) is 60.2 cm³/mol. The fourth-order valence-electron chi connectivity index (χ4n) is 1.30. The maximum Gasteiger partial charge on any atom is 0.132 e. The van der Waals surface area contributed by atoms with Crippen LogP contribution in [0.1, 0.15) is 12.2 Å². The topological polar surface area (TPSA) is 25.8 Å². The lowest BCUT2D eigenvalue weighted by atomic mass is 10.0. The molecule has 0 bridgehead atoms. The van der Waals surface area contributed by atoms with Gasteiger partial charge in [0.25, 0.3) is 0 Å². The number of hydrogen-bond donors (Lipinski definition) is 0. The second-order valence-corrected chi connectivity index (χ2v) is 3.65. The fraction of sp³-hybridized carbons (Fsp3) is 0.182. The molecule has 0 aliphatic heterocycles. The van der Waals surface area contributed by atoms with Gasteiger partial charge in [0.1, 0.15) is 5.82 Å². The van der Waals surface area contributed by atoms with Crippen LogP contribution in [0.2, 0.25) is 0 Å². The molecule has 2 nitrogen and oxygen atoms in total. The molecule has 1 aromatic heterocycles. The highest BCUT2D eigenvalue weighted by Crippen LogP contribution is 2.11. The third-order valence-corrected chi connectivity index (χ3v) is 2.33. The highest BCUT2D eigenvalue weighted by molar-refractivity contribution is 7.80. The molecule has 1 aromatic rings. The number of nitrogens with zero attached hydrogens (tertiary/aromatic N) is 2. The number of aromatic nitrogens is 2. The molecule has 0 amide bonds. The quantitative estimate of drug-likeness (QED) is 0.688. The van der Waals surface area contributed by atoms with Crippen LogP contribution in [0.25, 0.3) is 0 Å². The van der Waals surface area contributed by atoms with E-state index in [-0.39, 0.29) is 0 Å². The molecule has 0 spiro atoms. The molecular weight excluding hydrogens is 192 g/mol. The van der Waals surface area contributed by atoms with Crippen molar-refractivity contribution in [2.45, 2.75) is 12.8 Å². The lowest BCUT2D eigenvalue weighted by molar-refractivity contribution is 0.963. The van der Waals surface area contributed by atoms with Crippen LogP contribution in [0.5, 0.6) is 0 Å². The fourth-order valence-corrected chi connectivity index (χ4v) is 1.45. The van der Waals surface area contributed by atoms with Gasteiger partial charge in [0, 0.05) is 30.1 Å². The van der Waals surface area contributed by atoms with Crippen LogP contribution in [0.4, 0.5) is 0 Å². The van der Waals surface area contributed by atoms with Crippen LogP contribution in [0.15, 0.2) is 42.3 Å². The minimum atomic E-state index is 0.792. The Morgan fingerprint density at radius 3 is 2.64 bits per heavy atom. The van der Waals surface area contributed by atoms with Gasteiger partial charge in [-0.3, -0.25) is 0 Å². The molecule has 0 unspecified atom stereocenters. The zero-order chi connectivity index (χ0) is 9.80. The molecule has 0 aromatic carbocycles. The standard InChI is InChI=1S/C11H10N2S/c14-10-4-2-9(3-5-10)8-11-12-6-1-7-13-11/h1-4,6-7H,5,8H2. The summed E-state index contributed by atoms with van der Waals surface area (Å²) in [5.74, 6) is 0.858. The Labute approximate surface area is 88.4 Å². The van der Waals surface area contributed by atoms with E-state index < -0.39 is 0 Å². The molecule has 3 heteroatoms. The van der Waals surface area contributed by atoms with Gasteiger partial charge in [-0.2, -0.15) is 0 Å². The smallest absolute Gasteiger partial charge is 0.132 e. The average Bonchev–Trinajstić information content (AvgIpc) is 2.23. The van der Waals surface area contributed by atoms with E-state index in [1.54, 1.807) is 12.4 Å². The molecule has 1 heterocycles. The minimum absolute atomic E-state index is 0.792. The SMILES string of the molecule is S=C1C=CC(Cc2ncccn2)=CC1. The van der Waals surface area contributed by atoms with E-state index >= 15 is 0 Å². The second kappa shape index (κ2) is 4.24. The Hall–Kier alpha value is -1.35. The number of thiocarbonyl (C=S) groups is 1. The normalized spacial score (nSPS) is 15.4. The lowest BCUT2D eigenvalue weighted by Gasteiger charge is -2.05. The van der Waals surface area contributed by atoms with Crippen molar-refractivity contribution in [1.82, 2.24) is 9.97 Å². The van der Waals surface area contributed by atoms with Crippen molar-refractivity contribution >= 4 is 17.1 Å². The number of hydrogen-bond acceptors (Lipinski definition) is 3. The average molecular weight is 202 g/mol.